The highest BCUT2D eigenvalue weighted by Gasteiger charge is 2.15. The average Bonchev–Trinajstić information content (AvgIpc) is 3.25. The van der Waals surface area contributed by atoms with E-state index < -0.39 is 5.24 Å². The molecule has 4 aromatic rings. The number of carbonyl (C=O) groups is 1. The Bertz CT molecular complexity index is 1220. The summed E-state index contributed by atoms with van der Waals surface area (Å²) in [7, 11) is 1.67. The lowest BCUT2D eigenvalue weighted by atomic mass is 9.94. The molecule has 30 heavy (non-hydrogen) atoms. The summed E-state index contributed by atoms with van der Waals surface area (Å²) < 4.78 is 10.9. The lowest BCUT2D eigenvalue weighted by molar-refractivity contribution is 0.108. The van der Waals surface area contributed by atoms with Crippen LogP contribution >= 0.6 is 11.6 Å². The van der Waals surface area contributed by atoms with Gasteiger partial charge in [0, 0.05) is 23.8 Å². The molecule has 4 rings (SSSR count). The predicted octanol–water partition coefficient (Wildman–Crippen LogP) is 5.90. The Morgan fingerprint density at radius 1 is 1.00 bits per heavy atom. The fourth-order valence-electron chi connectivity index (χ4n) is 3.38. The maximum Gasteiger partial charge on any atom is 0.258 e. The molecule has 0 spiro atoms. The summed E-state index contributed by atoms with van der Waals surface area (Å²) in [6.07, 6.45) is 0. The summed E-state index contributed by atoms with van der Waals surface area (Å²) in [5.74, 6) is 0.780. The second-order valence-electron chi connectivity index (χ2n) is 6.90. The summed E-state index contributed by atoms with van der Waals surface area (Å²) in [5, 5.41) is 3.53. The lowest BCUT2D eigenvalue weighted by Crippen LogP contribution is -1.95. The number of benzene rings is 3. The zero-order valence-corrected chi connectivity index (χ0v) is 17.3. The number of methoxy groups -OCH3 is 1. The summed E-state index contributed by atoms with van der Waals surface area (Å²) in [6, 6.07) is 21.0. The molecule has 1 heterocycles. The molecule has 0 fully saturated rings. The minimum absolute atomic E-state index is 0.380. The first kappa shape index (κ1) is 20.0. The van der Waals surface area contributed by atoms with Crippen LogP contribution in [0.2, 0.25) is 0 Å². The van der Waals surface area contributed by atoms with Crippen LogP contribution in [0.25, 0.3) is 34.0 Å². The van der Waals surface area contributed by atoms with Crippen molar-refractivity contribution in [3.63, 3.8) is 0 Å². The predicted molar refractivity (Wildman–Crippen MR) is 116 cm³/mol. The van der Waals surface area contributed by atoms with E-state index in [1.165, 1.54) is 5.56 Å². The van der Waals surface area contributed by atoms with E-state index in [9.17, 15) is 4.79 Å². The molecular formula is C24H19ClN2O3. The van der Waals surface area contributed by atoms with Gasteiger partial charge in [-0.2, -0.15) is 4.98 Å². The van der Waals surface area contributed by atoms with Crippen LogP contribution in [-0.4, -0.2) is 22.5 Å². The smallest absolute Gasteiger partial charge is 0.258 e. The summed E-state index contributed by atoms with van der Waals surface area (Å²) in [6.45, 7) is 2.54. The average molecular weight is 419 g/mol. The van der Waals surface area contributed by atoms with E-state index in [1.54, 1.807) is 31.4 Å². The number of hydrogen-bond acceptors (Lipinski definition) is 5. The van der Waals surface area contributed by atoms with E-state index in [0.29, 0.717) is 29.4 Å². The van der Waals surface area contributed by atoms with Crippen molar-refractivity contribution in [2.75, 3.05) is 7.11 Å². The van der Waals surface area contributed by atoms with Crippen molar-refractivity contribution >= 4 is 16.8 Å². The van der Waals surface area contributed by atoms with Crippen molar-refractivity contribution in [2.45, 2.75) is 13.5 Å². The maximum atomic E-state index is 11.4. The number of halogens is 1. The molecule has 5 nitrogen and oxygen atoms in total. The molecule has 0 radical (unpaired) electrons. The Morgan fingerprint density at radius 2 is 1.83 bits per heavy atom. The Labute approximate surface area is 179 Å². The fraction of sp³-hybridized carbons (Fsp3) is 0.125. The van der Waals surface area contributed by atoms with Crippen LogP contribution in [0.4, 0.5) is 0 Å². The number of aromatic nitrogens is 2. The van der Waals surface area contributed by atoms with E-state index in [1.807, 2.05) is 30.3 Å². The molecule has 0 amide bonds. The fourth-order valence-corrected chi connectivity index (χ4v) is 3.50. The summed E-state index contributed by atoms with van der Waals surface area (Å²) in [4.78, 5) is 15.9. The first-order chi connectivity index (χ1) is 14.6. The Hall–Kier alpha value is -3.28. The molecule has 0 saturated heterocycles. The first-order valence-corrected chi connectivity index (χ1v) is 9.77. The van der Waals surface area contributed by atoms with Gasteiger partial charge < -0.3 is 9.26 Å². The number of hydrogen-bond donors (Lipinski definition) is 0. The van der Waals surface area contributed by atoms with Crippen molar-refractivity contribution < 1.29 is 14.1 Å². The molecule has 0 bridgehead atoms. The molecule has 0 aliphatic heterocycles. The van der Waals surface area contributed by atoms with Gasteiger partial charge in [0.25, 0.3) is 11.1 Å². The van der Waals surface area contributed by atoms with Crippen LogP contribution in [-0.2, 0) is 11.3 Å². The summed E-state index contributed by atoms with van der Waals surface area (Å²) in [5.41, 5.74) is 6.31. The number of nitrogens with zero attached hydrogens (tertiary/aromatic N) is 2. The Morgan fingerprint density at radius 3 is 2.60 bits per heavy atom. The van der Waals surface area contributed by atoms with Gasteiger partial charge >= 0.3 is 0 Å². The highest BCUT2D eigenvalue weighted by Crippen LogP contribution is 2.31. The molecule has 0 atom stereocenters. The number of ether oxygens (including phenoxy) is 1. The van der Waals surface area contributed by atoms with E-state index in [-0.39, 0.29) is 0 Å². The zero-order valence-electron chi connectivity index (χ0n) is 16.6. The van der Waals surface area contributed by atoms with Gasteiger partial charge in [-0.15, -0.1) is 0 Å². The number of aryl methyl sites for hydroxylation is 1. The van der Waals surface area contributed by atoms with Gasteiger partial charge in [0.1, 0.15) is 0 Å². The van der Waals surface area contributed by atoms with Gasteiger partial charge in [0.15, 0.2) is 0 Å². The molecule has 3 aromatic carbocycles. The van der Waals surface area contributed by atoms with Crippen LogP contribution < -0.4 is 0 Å². The van der Waals surface area contributed by atoms with Gasteiger partial charge in [-0.1, -0.05) is 53.7 Å². The van der Waals surface area contributed by atoms with Gasteiger partial charge in [0.2, 0.25) is 5.82 Å². The molecule has 0 aliphatic rings. The van der Waals surface area contributed by atoms with Crippen LogP contribution in [0.1, 0.15) is 21.5 Å². The van der Waals surface area contributed by atoms with Crippen molar-refractivity contribution in [2.24, 2.45) is 0 Å². The third-order valence-corrected chi connectivity index (χ3v) is 5.08. The van der Waals surface area contributed by atoms with Gasteiger partial charge in [-0.25, -0.2) is 0 Å². The van der Waals surface area contributed by atoms with Crippen molar-refractivity contribution in [1.29, 1.82) is 0 Å². The molecule has 0 saturated carbocycles. The van der Waals surface area contributed by atoms with Crippen LogP contribution in [0.5, 0.6) is 0 Å². The molecular weight excluding hydrogens is 400 g/mol. The third-order valence-electron chi connectivity index (χ3n) is 4.86. The van der Waals surface area contributed by atoms with Crippen LogP contribution in [0.15, 0.2) is 71.3 Å². The van der Waals surface area contributed by atoms with E-state index in [4.69, 9.17) is 20.9 Å². The third kappa shape index (κ3) is 4.03. The molecule has 0 aliphatic carbocycles. The second-order valence-corrected chi connectivity index (χ2v) is 7.24. The maximum absolute atomic E-state index is 11.4. The molecule has 6 heteroatoms. The largest absolute Gasteiger partial charge is 0.380 e. The highest BCUT2D eigenvalue weighted by molar-refractivity contribution is 6.67. The van der Waals surface area contributed by atoms with Gasteiger partial charge in [-0.05, 0) is 59.0 Å². The standard InChI is InChI=1S/C24H19ClN2O3/c1-15-6-3-4-9-20(15)21-11-10-18(13-19(21)14-29-2)24-26-23(27-30-24)17-8-5-7-16(12-17)22(25)28/h3-13H,14H2,1-2H3. The van der Waals surface area contributed by atoms with Crippen molar-refractivity contribution in [3.8, 4) is 34.0 Å². The van der Waals surface area contributed by atoms with Gasteiger partial charge in [-0.3, -0.25) is 4.79 Å². The topological polar surface area (TPSA) is 65.2 Å². The van der Waals surface area contributed by atoms with Crippen molar-refractivity contribution in [3.05, 3.63) is 83.4 Å². The van der Waals surface area contributed by atoms with Crippen LogP contribution in [0, 0.1) is 6.92 Å². The minimum atomic E-state index is -0.531. The number of rotatable bonds is 6. The SMILES string of the molecule is COCc1cc(-c2nc(-c3cccc(C(=O)Cl)c3)no2)ccc1-c1ccccc1C. The highest BCUT2D eigenvalue weighted by atomic mass is 35.5. The molecule has 150 valence electrons. The van der Waals surface area contributed by atoms with E-state index in [2.05, 4.69) is 29.2 Å². The summed E-state index contributed by atoms with van der Waals surface area (Å²) >= 11 is 5.57. The number of carbonyl (C=O) groups excluding carboxylic acids is 1. The van der Waals surface area contributed by atoms with E-state index in [0.717, 1.165) is 22.3 Å². The van der Waals surface area contributed by atoms with Gasteiger partial charge in [0.05, 0.1) is 6.61 Å². The monoisotopic (exact) mass is 418 g/mol. The van der Waals surface area contributed by atoms with Crippen LogP contribution in [0.3, 0.4) is 0 Å². The Balaban J connectivity index is 1.72. The molecule has 0 N–H and O–H groups in total. The first-order valence-electron chi connectivity index (χ1n) is 9.39. The minimum Gasteiger partial charge on any atom is -0.380 e. The van der Waals surface area contributed by atoms with Crippen molar-refractivity contribution in [1.82, 2.24) is 10.1 Å². The molecule has 1 aromatic heterocycles. The quantitative estimate of drug-likeness (QED) is 0.364. The normalized spacial score (nSPS) is 10.9. The van der Waals surface area contributed by atoms with E-state index >= 15 is 0 Å². The zero-order chi connectivity index (χ0) is 21.1. The molecule has 0 unspecified atom stereocenters. The second kappa shape index (κ2) is 8.61. The Kier molecular flexibility index (Phi) is 5.74. The lowest BCUT2D eigenvalue weighted by Gasteiger charge is -2.12.